The molecule has 1 atom stereocenters. The van der Waals surface area contributed by atoms with Gasteiger partial charge in [0.15, 0.2) is 0 Å². The van der Waals surface area contributed by atoms with Gasteiger partial charge in [-0.2, -0.15) is 0 Å². The van der Waals surface area contributed by atoms with E-state index in [1.165, 1.54) is 12.1 Å². The molecule has 18 heavy (non-hydrogen) atoms. The second-order valence-electron chi connectivity index (χ2n) is 5.63. The molecule has 1 rings (SSSR count). The quantitative estimate of drug-likeness (QED) is 0.924. The van der Waals surface area contributed by atoms with Crippen molar-refractivity contribution >= 4 is 21.7 Å². The van der Waals surface area contributed by atoms with Crippen molar-refractivity contribution in [3.05, 3.63) is 34.1 Å². The molecule has 2 nitrogen and oxygen atoms in total. The molecule has 0 fully saturated rings. The van der Waals surface area contributed by atoms with Crippen LogP contribution in [0.4, 0.5) is 4.39 Å². The summed E-state index contributed by atoms with van der Waals surface area (Å²) in [6.07, 6.45) is 0.522. The Hall–Kier alpha value is -0.740. The van der Waals surface area contributed by atoms with E-state index in [1.807, 2.05) is 20.8 Å². The third kappa shape index (κ3) is 4.50. The molecule has 0 bridgehead atoms. The Balaban J connectivity index is 2.68. The van der Waals surface area contributed by atoms with Crippen LogP contribution in [0.2, 0.25) is 0 Å². The van der Waals surface area contributed by atoms with Crippen molar-refractivity contribution in [1.29, 1.82) is 0 Å². The molecule has 0 saturated heterocycles. The van der Waals surface area contributed by atoms with E-state index in [0.717, 1.165) is 4.47 Å². The van der Waals surface area contributed by atoms with Crippen LogP contribution in [0.15, 0.2) is 22.7 Å². The monoisotopic (exact) mass is 315 g/mol. The Morgan fingerprint density at radius 3 is 2.61 bits per heavy atom. The Morgan fingerprint density at radius 1 is 1.44 bits per heavy atom. The van der Waals surface area contributed by atoms with Gasteiger partial charge in [-0.15, -0.1) is 0 Å². The van der Waals surface area contributed by atoms with Crippen molar-refractivity contribution in [3.63, 3.8) is 0 Å². The number of carbonyl (C=O) groups is 1. The summed E-state index contributed by atoms with van der Waals surface area (Å²) in [5.41, 5.74) is 6.53. The number of halogens is 2. The van der Waals surface area contributed by atoms with Crippen LogP contribution in [-0.2, 0) is 11.2 Å². The van der Waals surface area contributed by atoms with Crippen molar-refractivity contribution in [3.8, 4) is 0 Å². The summed E-state index contributed by atoms with van der Waals surface area (Å²) in [7, 11) is 0. The summed E-state index contributed by atoms with van der Waals surface area (Å²) in [6, 6.07) is 4.17. The van der Waals surface area contributed by atoms with E-state index in [9.17, 15) is 9.18 Å². The zero-order valence-corrected chi connectivity index (χ0v) is 12.6. The third-order valence-electron chi connectivity index (χ3n) is 2.96. The van der Waals surface area contributed by atoms with Gasteiger partial charge in [-0.05, 0) is 29.2 Å². The first kappa shape index (κ1) is 15.3. The standard InChI is InChI=1S/C14H19BrFNO/c1-14(2,3)13(17)8-11(18)7-9-6-10(16)4-5-12(9)15/h4-6,13H,7-8,17H2,1-3H3. The maximum atomic E-state index is 13.1. The van der Waals surface area contributed by atoms with Crippen LogP contribution in [0.1, 0.15) is 32.8 Å². The number of hydrogen-bond acceptors (Lipinski definition) is 2. The van der Waals surface area contributed by atoms with Gasteiger partial charge in [0, 0.05) is 23.4 Å². The molecule has 0 amide bonds. The van der Waals surface area contributed by atoms with Gasteiger partial charge in [-0.3, -0.25) is 4.79 Å². The van der Waals surface area contributed by atoms with Crippen LogP contribution in [0.25, 0.3) is 0 Å². The fourth-order valence-electron chi connectivity index (χ4n) is 1.51. The van der Waals surface area contributed by atoms with E-state index in [2.05, 4.69) is 15.9 Å². The normalized spacial score (nSPS) is 13.4. The molecular formula is C14H19BrFNO. The van der Waals surface area contributed by atoms with Gasteiger partial charge >= 0.3 is 0 Å². The number of carbonyl (C=O) groups excluding carboxylic acids is 1. The molecule has 0 aliphatic rings. The van der Waals surface area contributed by atoms with Gasteiger partial charge in [0.2, 0.25) is 0 Å². The van der Waals surface area contributed by atoms with Gasteiger partial charge in [-0.25, -0.2) is 4.39 Å². The Morgan fingerprint density at radius 2 is 2.06 bits per heavy atom. The summed E-state index contributed by atoms with van der Waals surface area (Å²) in [5.74, 6) is -0.301. The smallest absolute Gasteiger partial charge is 0.138 e. The molecule has 0 aromatic heterocycles. The maximum Gasteiger partial charge on any atom is 0.138 e. The number of hydrogen-bond donors (Lipinski definition) is 1. The average molecular weight is 316 g/mol. The largest absolute Gasteiger partial charge is 0.327 e. The second kappa shape index (κ2) is 5.93. The lowest BCUT2D eigenvalue weighted by Gasteiger charge is -2.26. The summed E-state index contributed by atoms with van der Waals surface area (Å²) in [4.78, 5) is 11.9. The molecular weight excluding hydrogens is 297 g/mol. The molecule has 1 aromatic carbocycles. The SMILES string of the molecule is CC(C)(C)C(N)CC(=O)Cc1cc(F)ccc1Br. The van der Waals surface area contributed by atoms with Gasteiger partial charge in [0.1, 0.15) is 11.6 Å². The number of rotatable bonds is 4. The molecule has 0 aliphatic carbocycles. The zero-order valence-electron chi connectivity index (χ0n) is 11.0. The highest BCUT2D eigenvalue weighted by Gasteiger charge is 2.23. The van der Waals surface area contributed by atoms with Crippen LogP contribution in [0, 0.1) is 11.2 Å². The Labute approximate surface area is 116 Å². The van der Waals surface area contributed by atoms with Crippen molar-refractivity contribution in [1.82, 2.24) is 0 Å². The number of benzene rings is 1. The highest BCUT2D eigenvalue weighted by Crippen LogP contribution is 2.22. The van der Waals surface area contributed by atoms with Crippen molar-refractivity contribution in [2.75, 3.05) is 0 Å². The lowest BCUT2D eigenvalue weighted by atomic mass is 9.84. The van der Waals surface area contributed by atoms with Gasteiger partial charge in [0.25, 0.3) is 0 Å². The molecule has 100 valence electrons. The molecule has 0 radical (unpaired) electrons. The van der Waals surface area contributed by atoms with E-state index in [0.29, 0.717) is 12.0 Å². The molecule has 0 heterocycles. The Kier molecular flexibility index (Phi) is 5.05. The second-order valence-corrected chi connectivity index (χ2v) is 6.48. The lowest BCUT2D eigenvalue weighted by Crippen LogP contribution is -2.37. The minimum absolute atomic E-state index is 0.0312. The summed E-state index contributed by atoms with van der Waals surface area (Å²) in [5, 5.41) is 0. The minimum Gasteiger partial charge on any atom is -0.327 e. The molecule has 0 spiro atoms. The van der Waals surface area contributed by atoms with Crippen molar-refractivity contribution < 1.29 is 9.18 Å². The summed E-state index contributed by atoms with van der Waals surface area (Å²) >= 11 is 3.31. The zero-order chi connectivity index (χ0) is 13.9. The highest BCUT2D eigenvalue weighted by atomic mass is 79.9. The number of nitrogens with two attached hydrogens (primary N) is 1. The molecule has 2 N–H and O–H groups in total. The van der Waals surface area contributed by atoms with E-state index < -0.39 is 0 Å². The van der Waals surface area contributed by atoms with Crippen LogP contribution in [0.3, 0.4) is 0 Å². The predicted octanol–water partition coefficient (Wildman–Crippen LogP) is 3.46. The fraction of sp³-hybridized carbons (Fsp3) is 0.500. The van der Waals surface area contributed by atoms with Crippen molar-refractivity contribution in [2.24, 2.45) is 11.1 Å². The number of ketones is 1. The molecule has 1 unspecified atom stereocenters. The highest BCUT2D eigenvalue weighted by molar-refractivity contribution is 9.10. The van der Waals surface area contributed by atoms with E-state index in [1.54, 1.807) is 6.07 Å². The minimum atomic E-state index is -0.332. The van der Waals surface area contributed by atoms with Crippen LogP contribution in [-0.4, -0.2) is 11.8 Å². The first-order valence-corrected chi connectivity index (χ1v) is 6.70. The van der Waals surface area contributed by atoms with Gasteiger partial charge in [-0.1, -0.05) is 36.7 Å². The predicted molar refractivity (Wildman–Crippen MR) is 74.9 cm³/mol. The summed E-state index contributed by atoms with van der Waals surface area (Å²) < 4.78 is 13.8. The van der Waals surface area contributed by atoms with Crippen LogP contribution >= 0.6 is 15.9 Å². The molecule has 4 heteroatoms. The van der Waals surface area contributed by atoms with E-state index >= 15 is 0 Å². The number of Topliss-reactive ketones (excluding diaryl/α,β-unsaturated/α-hetero) is 1. The van der Waals surface area contributed by atoms with Crippen LogP contribution < -0.4 is 5.73 Å². The van der Waals surface area contributed by atoms with Crippen molar-refractivity contribution in [2.45, 2.75) is 39.7 Å². The molecule has 0 aliphatic heterocycles. The van der Waals surface area contributed by atoms with E-state index in [4.69, 9.17) is 5.73 Å². The average Bonchev–Trinajstić information content (AvgIpc) is 2.22. The Bertz CT molecular complexity index is 440. The first-order chi connectivity index (χ1) is 8.20. The third-order valence-corrected chi connectivity index (χ3v) is 3.73. The maximum absolute atomic E-state index is 13.1. The van der Waals surface area contributed by atoms with E-state index in [-0.39, 0.29) is 29.5 Å². The summed E-state index contributed by atoms with van der Waals surface area (Å²) in [6.45, 7) is 6.01. The lowest BCUT2D eigenvalue weighted by molar-refractivity contribution is -0.119. The van der Waals surface area contributed by atoms with Crippen LogP contribution in [0.5, 0.6) is 0 Å². The first-order valence-electron chi connectivity index (χ1n) is 5.91. The molecule has 1 aromatic rings. The topological polar surface area (TPSA) is 43.1 Å². The van der Waals surface area contributed by atoms with Gasteiger partial charge in [0.05, 0.1) is 0 Å². The fourth-order valence-corrected chi connectivity index (χ4v) is 1.90. The molecule has 0 saturated carbocycles. The van der Waals surface area contributed by atoms with Gasteiger partial charge < -0.3 is 5.73 Å².